The minimum atomic E-state index is -0.960. The molecule has 4 aliphatic carbocycles. The zero-order chi connectivity index (χ0) is 21.9. The lowest BCUT2D eigenvalue weighted by Crippen LogP contribution is -2.58. The number of hydrogen-bond donors (Lipinski definition) is 0. The van der Waals surface area contributed by atoms with Gasteiger partial charge in [-0.15, -0.1) is 0 Å². The molecule has 0 aromatic carbocycles. The summed E-state index contributed by atoms with van der Waals surface area (Å²) in [4.78, 5) is 36.2. The van der Waals surface area contributed by atoms with Gasteiger partial charge in [0.2, 0.25) is 0 Å². The zero-order valence-electron chi connectivity index (χ0n) is 19.1. The average Bonchev–Trinajstić information content (AvgIpc) is 2.94. The van der Waals surface area contributed by atoms with Crippen LogP contribution in [0, 0.1) is 28.6 Å². The third-order valence-electron chi connectivity index (χ3n) is 9.39. The van der Waals surface area contributed by atoms with E-state index >= 15 is 0 Å². The van der Waals surface area contributed by atoms with Crippen LogP contribution in [-0.4, -0.2) is 29.4 Å². The first-order valence-electron chi connectivity index (χ1n) is 11.6. The molecule has 4 rings (SSSR count). The lowest BCUT2D eigenvalue weighted by molar-refractivity contribution is -0.187. The molecule has 5 heteroatoms. The van der Waals surface area contributed by atoms with Gasteiger partial charge in [0.25, 0.3) is 0 Å². The molecule has 0 heterocycles. The molecule has 0 amide bonds. The van der Waals surface area contributed by atoms with Crippen LogP contribution in [0.2, 0.25) is 0 Å². The van der Waals surface area contributed by atoms with E-state index in [4.69, 9.17) is 9.47 Å². The predicted octanol–water partition coefficient (Wildman–Crippen LogP) is 4.77. The topological polar surface area (TPSA) is 69.7 Å². The van der Waals surface area contributed by atoms with E-state index in [1.165, 1.54) is 19.4 Å². The fourth-order valence-electron chi connectivity index (χ4n) is 8.06. The van der Waals surface area contributed by atoms with Gasteiger partial charge in [0.1, 0.15) is 6.10 Å². The molecule has 0 spiro atoms. The van der Waals surface area contributed by atoms with Crippen LogP contribution in [-0.2, 0) is 23.9 Å². The maximum Gasteiger partial charge on any atom is 0.303 e. The molecular formula is C25H36O5. The van der Waals surface area contributed by atoms with E-state index in [0.717, 1.165) is 44.9 Å². The van der Waals surface area contributed by atoms with Crippen LogP contribution >= 0.6 is 0 Å². The van der Waals surface area contributed by atoms with Crippen molar-refractivity contribution in [2.24, 2.45) is 28.6 Å². The van der Waals surface area contributed by atoms with Crippen molar-refractivity contribution in [2.75, 3.05) is 0 Å². The number of fused-ring (bicyclic) bond motifs is 5. The SMILES string of the molecule is CC(=O)O[C@@H]1C=C2CC[C@H]3[C@@H](CC[C@@]4(C)[C@@H]3CC[C@]4(OC(C)=O)C(C)=O)[C@@]2(C)CC1. The highest BCUT2D eigenvalue weighted by Crippen LogP contribution is 2.68. The van der Waals surface area contributed by atoms with Crippen molar-refractivity contribution in [3.8, 4) is 0 Å². The Morgan fingerprint density at radius 1 is 0.900 bits per heavy atom. The molecule has 0 aliphatic heterocycles. The van der Waals surface area contributed by atoms with Gasteiger partial charge in [0.05, 0.1) is 0 Å². The molecule has 0 N–H and O–H groups in total. The quantitative estimate of drug-likeness (QED) is 0.489. The molecular weight excluding hydrogens is 380 g/mol. The van der Waals surface area contributed by atoms with Gasteiger partial charge in [-0.3, -0.25) is 14.4 Å². The van der Waals surface area contributed by atoms with E-state index in [2.05, 4.69) is 19.9 Å². The van der Waals surface area contributed by atoms with Gasteiger partial charge in [0, 0.05) is 19.3 Å². The minimum Gasteiger partial charge on any atom is -0.458 e. The number of hydrogen-bond acceptors (Lipinski definition) is 5. The molecule has 3 saturated carbocycles. The summed E-state index contributed by atoms with van der Waals surface area (Å²) in [6.07, 6.45) is 9.78. The largest absolute Gasteiger partial charge is 0.458 e. The highest BCUT2D eigenvalue weighted by Gasteiger charge is 2.67. The molecule has 5 nitrogen and oxygen atoms in total. The second-order valence-electron chi connectivity index (χ2n) is 10.7. The number of ether oxygens (including phenoxy) is 2. The van der Waals surface area contributed by atoms with Crippen molar-refractivity contribution < 1.29 is 23.9 Å². The molecule has 0 radical (unpaired) electrons. The highest BCUT2D eigenvalue weighted by atomic mass is 16.6. The Bertz CT molecular complexity index is 799. The maximum atomic E-state index is 12.8. The fourth-order valence-corrected chi connectivity index (χ4v) is 8.06. The third-order valence-corrected chi connectivity index (χ3v) is 9.39. The van der Waals surface area contributed by atoms with Crippen molar-refractivity contribution in [1.82, 2.24) is 0 Å². The van der Waals surface area contributed by atoms with Gasteiger partial charge in [-0.25, -0.2) is 0 Å². The summed E-state index contributed by atoms with van der Waals surface area (Å²) < 4.78 is 11.3. The predicted molar refractivity (Wildman–Crippen MR) is 112 cm³/mol. The van der Waals surface area contributed by atoms with Crippen molar-refractivity contribution in [2.45, 2.75) is 97.7 Å². The molecule has 166 valence electrons. The second-order valence-corrected chi connectivity index (χ2v) is 10.7. The lowest BCUT2D eigenvalue weighted by Gasteiger charge is -2.59. The Kier molecular flexibility index (Phi) is 5.18. The van der Waals surface area contributed by atoms with Crippen molar-refractivity contribution in [1.29, 1.82) is 0 Å². The molecule has 0 unspecified atom stereocenters. The van der Waals surface area contributed by atoms with Crippen LogP contribution in [0.15, 0.2) is 11.6 Å². The summed E-state index contributed by atoms with van der Waals surface area (Å²) in [7, 11) is 0. The molecule has 7 atom stereocenters. The van der Waals surface area contributed by atoms with Crippen LogP contribution in [0.4, 0.5) is 0 Å². The molecule has 30 heavy (non-hydrogen) atoms. The van der Waals surface area contributed by atoms with Crippen LogP contribution in [0.3, 0.4) is 0 Å². The van der Waals surface area contributed by atoms with Crippen molar-refractivity contribution >= 4 is 17.7 Å². The maximum absolute atomic E-state index is 12.8. The summed E-state index contributed by atoms with van der Waals surface area (Å²) in [6.45, 7) is 9.11. The van der Waals surface area contributed by atoms with Gasteiger partial charge in [-0.2, -0.15) is 0 Å². The molecule has 0 aromatic heterocycles. The lowest BCUT2D eigenvalue weighted by atomic mass is 9.46. The number of rotatable bonds is 3. The Hall–Kier alpha value is -1.65. The van der Waals surface area contributed by atoms with E-state index in [1.807, 2.05) is 0 Å². The first-order valence-corrected chi connectivity index (χ1v) is 11.6. The van der Waals surface area contributed by atoms with Gasteiger partial charge < -0.3 is 9.47 Å². The molecule has 3 fully saturated rings. The zero-order valence-corrected chi connectivity index (χ0v) is 19.1. The summed E-state index contributed by atoms with van der Waals surface area (Å²) in [5.74, 6) is 0.981. The second kappa shape index (κ2) is 7.20. The van der Waals surface area contributed by atoms with Gasteiger partial charge in [-0.1, -0.05) is 19.4 Å². The average molecular weight is 417 g/mol. The normalized spacial score (nSPS) is 44.8. The first kappa shape index (κ1) is 21.6. The molecule has 0 saturated heterocycles. The van der Waals surface area contributed by atoms with Crippen LogP contribution in [0.5, 0.6) is 0 Å². The van der Waals surface area contributed by atoms with Crippen LogP contribution in [0.1, 0.15) is 86.0 Å². The number of esters is 2. The number of carbonyl (C=O) groups is 3. The monoisotopic (exact) mass is 416 g/mol. The Balaban J connectivity index is 1.63. The third kappa shape index (κ3) is 2.98. The Morgan fingerprint density at radius 3 is 2.23 bits per heavy atom. The summed E-state index contributed by atoms with van der Waals surface area (Å²) in [5.41, 5.74) is 0.362. The van der Waals surface area contributed by atoms with Crippen molar-refractivity contribution in [3.05, 3.63) is 11.6 Å². The van der Waals surface area contributed by atoms with Gasteiger partial charge >= 0.3 is 11.9 Å². The number of allylic oxidation sites excluding steroid dienone is 1. The molecule has 0 aromatic rings. The van der Waals surface area contributed by atoms with Gasteiger partial charge in [0.15, 0.2) is 11.4 Å². The van der Waals surface area contributed by atoms with Gasteiger partial charge in [-0.05, 0) is 87.5 Å². The van der Waals surface area contributed by atoms with Crippen molar-refractivity contribution in [3.63, 3.8) is 0 Å². The summed E-state index contributed by atoms with van der Waals surface area (Å²) in [5, 5.41) is 0. The van der Waals surface area contributed by atoms with Crippen LogP contribution in [0.25, 0.3) is 0 Å². The van der Waals surface area contributed by atoms with E-state index in [1.54, 1.807) is 6.92 Å². The number of ketones is 1. The summed E-state index contributed by atoms with van der Waals surface area (Å²) in [6, 6.07) is 0. The standard InChI is InChI=1S/C25H36O5/c1-15(26)25(30-17(3)28)13-10-22-20-7-6-18-14-19(29-16(2)27)8-11-23(18,4)21(20)9-12-24(22,25)5/h14,19-22H,6-13H2,1-5H3/t19-,20-,21+,22+,23-,24-,25-/m0/s1. The Morgan fingerprint density at radius 2 is 1.60 bits per heavy atom. The Labute approximate surface area is 179 Å². The highest BCUT2D eigenvalue weighted by molar-refractivity contribution is 5.89. The minimum absolute atomic E-state index is 0.00523. The molecule has 4 aliphatic rings. The number of carbonyl (C=O) groups excluding carboxylic acids is 3. The number of Topliss-reactive ketones (excluding diaryl/α,β-unsaturated/α-hetero) is 1. The van der Waals surface area contributed by atoms with E-state index in [9.17, 15) is 14.4 Å². The van der Waals surface area contributed by atoms with E-state index in [0.29, 0.717) is 24.2 Å². The summed E-state index contributed by atoms with van der Waals surface area (Å²) >= 11 is 0. The fraction of sp³-hybridized carbons (Fsp3) is 0.800. The molecule has 0 bridgehead atoms. The first-order chi connectivity index (χ1) is 14.0. The van der Waals surface area contributed by atoms with Crippen LogP contribution < -0.4 is 0 Å². The van der Waals surface area contributed by atoms with E-state index in [-0.39, 0.29) is 34.7 Å². The van der Waals surface area contributed by atoms with E-state index < -0.39 is 5.60 Å². The smallest absolute Gasteiger partial charge is 0.303 e.